The summed E-state index contributed by atoms with van der Waals surface area (Å²) in [5, 5.41) is 15.0. The maximum Gasteiger partial charge on any atom is 0.411 e. The van der Waals surface area contributed by atoms with Gasteiger partial charge in [0, 0.05) is 10.4 Å². The normalized spacial score (nSPS) is 12.1. The third-order valence-electron chi connectivity index (χ3n) is 6.38. The lowest BCUT2D eigenvalue weighted by Gasteiger charge is -2.21. The molecule has 1 atom stereocenters. The second kappa shape index (κ2) is 12.3. The zero-order valence-electron chi connectivity index (χ0n) is 23.2. The van der Waals surface area contributed by atoms with Gasteiger partial charge in [-0.15, -0.1) is 21.5 Å². The Hall–Kier alpha value is -4.65. The largest absolute Gasteiger partial charge is 0.453 e. The number of ketones is 1. The van der Waals surface area contributed by atoms with E-state index < -0.39 is 41.3 Å². The molecule has 3 aromatic heterocycles. The second-order valence-corrected chi connectivity index (χ2v) is 11.0. The van der Waals surface area contributed by atoms with E-state index in [1.54, 1.807) is 44.2 Å². The van der Waals surface area contributed by atoms with Crippen LogP contribution in [-0.4, -0.2) is 50.7 Å². The van der Waals surface area contributed by atoms with Gasteiger partial charge in [0.25, 0.3) is 11.4 Å². The highest BCUT2D eigenvalue weighted by Gasteiger charge is 2.34. The molecular formula is C28H30N6O6S. The summed E-state index contributed by atoms with van der Waals surface area (Å²) < 4.78 is 11.5. The fraction of sp³-hybridized carbons (Fsp3) is 0.321. The average Bonchev–Trinajstić information content (AvgIpc) is 3.68. The summed E-state index contributed by atoms with van der Waals surface area (Å²) in [4.78, 5) is 57.0. The first kappa shape index (κ1) is 29.3. The fourth-order valence-electron chi connectivity index (χ4n) is 4.05. The number of aromatic nitrogens is 4. The molecule has 2 N–H and O–H groups in total. The number of Topliss-reactive ketones (excluding diaryl/α,β-unsaturated/α-hetero) is 1. The lowest BCUT2D eigenvalue weighted by atomic mass is 9.91. The number of hydrogen-bond donors (Lipinski definition) is 2. The van der Waals surface area contributed by atoms with Crippen LogP contribution in [0.2, 0.25) is 0 Å². The second-order valence-electron chi connectivity index (χ2n) is 10.0. The third kappa shape index (κ3) is 6.40. The van der Waals surface area contributed by atoms with E-state index in [0.29, 0.717) is 5.56 Å². The first-order valence-electron chi connectivity index (χ1n) is 12.7. The molecule has 0 aliphatic rings. The molecule has 4 aromatic rings. The van der Waals surface area contributed by atoms with Crippen molar-refractivity contribution in [3.05, 3.63) is 81.1 Å². The summed E-state index contributed by atoms with van der Waals surface area (Å²) in [5.41, 5.74) is -0.886. The van der Waals surface area contributed by atoms with Crippen LogP contribution >= 0.6 is 11.3 Å². The van der Waals surface area contributed by atoms with E-state index in [0.717, 1.165) is 16.6 Å². The molecule has 0 unspecified atom stereocenters. The molecule has 214 valence electrons. The maximum absolute atomic E-state index is 13.4. The molecule has 0 saturated heterocycles. The van der Waals surface area contributed by atoms with Gasteiger partial charge in [-0.2, -0.15) is 0 Å². The Labute approximate surface area is 239 Å². The van der Waals surface area contributed by atoms with Crippen molar-refractivity contribution in [1.29, 1.82) is 0 Å². The van der Waals surface area contributed by atoms with Gasteiger partial charge in [-0.05, 0) is 31.2 Å². The van der Waals surface area contributed by atoms with Crippen LogP contribution in [0.25, 0.3) is 11.4 Å². The van der Waals surface area contributed by atoms with Crippen LogP contribution in [0.5, 0.6) is 0 Å². The van der Waals surface area contributed by atoms with Gasteiger partial charge in [0.05, 0.1) is 24.8 Å². The van der Waals surface area contributed by atoms with Crippen molar-refractivity contribution in [1.82, 2.24) is 25.1 Å². The summed E-state index contributed by atoms with van der Waals surface area (Å²) in [5.74, 6) is -1.28. The Morgan fingerprint density at radius 3 is 2.46 bits per heavy atom. The standard InChI is InChI=1S/C28H30N6O6S/c1-16(2)21(22(36)24-32-33-26(40-24)28(3,4)19-12-9-13-41-19)31-20(35)15-34-23(17-10-7-6-8-11-17)29-14-18(25(34)37)30-27(38)39-5/h6-14,16,21H,15H2,1-5H3,(H,30,38)(H,31,35)/t21-/m0/s1. The number of amides is 2. The fourth-order valence-corrected chi connectivity index (χ4v) is 4.89. The lowest BCUT2D eigenvalue weighted by molar-refractivity contribution is -0.122. The summed E-state index contributed by atoms with van der Waals surface area (Å²) in [6.07, 6.45) is 0.334. The lowest BCUT2D eigenvalue weighted by Crippen LogP contribution is -2.46. The number of rotatable bonds is 10. The third-order valence-corrected chi connectivity index (χ3v) is 7.57. The molecule has 0 spiro atoms. The van der Waals surface area contributed by atoms with Crippen LogP contribution in [0.3, 0.4) is 0 Å². The molecular weight excluding hydrogens is 548 g/mol. The number of hydrogen-bond acceptors (Lipinski definition) is 10. The van der Waals surface area contributed by atoms with E-state index in [-0.39, 0.29) is 29.2 Å². The van der Waals surface area contributed by atoms with Gasteiger partial charge in [-0.1, -0.05) is 50.2 Å². The number of carbonyl (C=O) groups excluding carboxylic acids is 3. The molecule has 2 amide bonds. The molecule has 41 heavy (non-hydrogen) atoms. The monoisotopic (exact) mass is 578 g/mol. The van der Waals surface area contributed by atoms with Crippen molar-refractivity contribution in [2.75, 3.05) is 12.4 Å². The minimum atomic E-state index is -1.01. The zero-order chi connectivity index (χ0) is 29.7. The maximum atomic E-state index is 13.4. The Kier molecular flexibility index (Phi) is 8.77. The highest BCUT2D eigenvalue weighted by Crippen LogP contribution is 2.33. The zero-order valence-corrected chi connectivity index (χ0v) is 24.0. The van der Waals surface area contributed by atoms with Crippen molar-refractivity contribution in [3.63, 3.8) is 0 Å². The molecule has 0 bridgehead atoms. The SMILES string of the molecule is COC(=O)Nc1cnc(-c2ccccc2)n(CC(=O)N[C@H](C(=O)c2nnc(C(C)(C)c3cccs3)o2)C(C)C)c1=O. The van der Waals surface area contributed by atoms with E-state index in [1.165, 1.54) is 17.5 Å². The van der Waals surface area contributed by atoms with Gasteiger partial charge in [-0.25, -0.2) is 9.78 Å². The number of carbonyl (C=O) groups is 3. The smallest absolute Gasteiger partial charge is 0.411 e. The molecule has 0 aliphatic heterocycles. The summed E-state index contributed by atoms with van der Waals surface area (Å²) in [6, 6.07) is 11.6. The number of thiophene rings is 1. The molecule has 1 aromatic carbocycles. The van der Waals surface area contributed by atoms with Gasteiger partial charge in [0.2, 0.25) is 17.6 Å². The van der Waals surface area contributed by atoms with Gasteiger partial charge < -0.3 is 14.5 Å². The van der Waals surface area contributed by atoms with E-state index in [4.69, 9.17) is 4.42 Å². The van der Waals surface area contributed by atoms with Crippen molar-refractivity contribution in [2.45, 2.75) is 45.7 Å². The molecule has 0 saturated carbocycles. The average molecular weight is 579 g/mol. The molecule has 0 aliphatic carbocycles. The first-order chi connectivity index (χ1) is 19.5. The number of nitrogens with one attached hydrogen (secondary N) is 2. The van der Waals surface area contributed by atoms with Crippen LogP contribution in [0.1, 0.15) is 49.1 Å². The molecule has 12 nitrogen and oxygen atoms in total. The first-order valence-corrected chi connectivity index (χ1v) is 13.6. The highest BCUT2D eigenvalue weighted by atomic mass is 32.1. The van der Waals surface area contributed by atoms with E-state index in [2.05, 4.69) is 30.6 Å². The molecule has 13 heteroatoms. The molecule has 3 heterocycles. The van der Waals surface area contributed by atoms with Crippen molar-refractivity contribution in [3.8, 4) is 11.4 Å². The Bertz CT molecular complexity index is 1590. The topological polar surface area (TPSA) is 158 Å². The number of methoxy groups -OCH3 is 1. The molecule has 0 fully saturated rings. The van der Waals surface area contributed by atoms with Crippen LogP contribution in [-0.2, 0) is 21.5 Å². The van der Waals surface area contributed by atoms with Crippen LogP contribution < -0.4 is 16.2 Å². The predicted molar refractivity (Wildman–Crippen MR) is 152 cm³/mol. The quantitative estimate of drug-likeness (QED) is 0.266. The van der Waals surface area contributed by atoms with E-state index >= 15 is 0 Å². The van der Waals surface area contributed by atoms with Crippen molar-refractivity contribution in [2.24, 2.45) is 5.92 Å². The minimum Gasteiger partial charge on any atom is -0.453 e. The minimum absolute atomic E-state index is 0.174. The number of anilines is 1. The number of benzene rings is 1. The van der Waals surface area contributed by atoms with E-state index in [9.17, 15) is 19.2 Å². The highest BCUT2D eigenvalue weighted by molar-refractivity contribution is 7.10. The molecule has 4 rings (SSSR count). The summed E-state index contributed by atoms with van der Waals surface area (Å²) in [7, 11) is 1.16. The Balaban J connectivity index is 1.60. The van der Waals surface area contributed by atoms with Crippen LogP contribution in [0.15, 0.2) is 63.3 Å². The van der Waals surface area contributed by atoms with Gasteiger partial charge >= 0.3 is 6.09 Å². The van der Waals surface area contributed by atoms with Gasteiger partial charge in [-0.3, -0.25) is 24.3 Å². The van der Waals surface area contributed by atoms with Crippen molar-refractivity contribution >= 4 is 34.8 Å². The predicted octanol–water partition coefficient (Wildman–Crippen LogP) is 3.88. The van der Waals surface area contributed by atoms with E-state index in [1.807, 2.05) is 31.4 Å². The van der Waals surface area contributed by atoms with Crippen molar-refractivity contribution < 1.29 is 23.5 Å². The summed E-state index contributed by atoms with van der Waals surface area (Å²) >= 11 is 1.54. The summed E-state index contributed by atoms with van der Waals surface area (Å²) in [6.45, 7) is 6.88. The Morgan fingerprint density at radius 2 is 1.83 bits per heavy atom. The van der Waals surface area contributed by atoms with Crippen LogP contribution in [0.4, 0.5) is 10.5 Å². The Morgan fingerprint density at radius 1 is 1.10 bits per heavy atom. The number of nitrogens with zero attached hydrogens (tertiary/aromatic N) is 4. The van der Waals surface area contributed by atoms with Crippen LogP contribution in [0, 0.1) is 5.92 Å². The number of ether oxygens (including phenoxy) is 1. The van der Waals surface area contributed by atoms with Gasteiger partial charge in [0.1, 0.15) is 18.1 Å². The van der Waals surface area contributed by atoms with Gasteiger partial charge in [0.15, 0.2) is 0 Å². The molecule has 0 radical (unpaired) electrons.